The Hall–Kier alpha value is -2.41. The van der Waals surface area contributed by atoms with Crippen molar-refractivity contribution in [1.29, 1.82) is 5.26 Å². The average Bonchev–Trinajstić information content (AvgIpc) is 2.41. The van der Waals surface area contributed by atoms with Crippen LogP contribution in [-0.2, 0) is 0 Å². The van der Waals surface area contributed by atoms with Crippen molar-refractivity contribution in [2.24, 2.45) is 0 Å². The minimum Gasteiger partial charge on any atom is -0.496 e. The van der Waals surface area contributed by atoms with E-state index in [0.29, 0.717) is 11.6 Å². The van der Waals surface area contributed by atoms with Crippen LogP contribution in [0.5, 0.6) is 5.75 Å². The third kappa shape index (κ3) is 2.30. The van der Waals surface area contributed by atoms with Gasteiger partial charge in [0.15, 0.2) is 0 Å². The van der Waals surface area contributed by atoms with Gasteiger partial charge in [0.05, 0.1) is 13.2 Å². The van der Waals surface area contributed by atoms with Gasteiger partial charge in [0.25, 0.3) is 0 Å². The predicted molar refractivity (Wildman–Crippen MR) is 67.2 cm³/mol. The maximum absolute atomic E-state index is 9.36. The van der Waals surface area contributed by atoms with E-state index < -0.39 is 5.92 Å². The molecule has 0 aliphatic rings. The van der Waals surface area contributed by atoms with E-state index >= 15 is 0 Å². The molecular formula is C14H13N3O. The lowest BCUT2D eigenvalue weighted by Gasteiger charge is -2.13. The molecule has 0 aliphatic heterocycles. The molecule has 90 valence electrons. The van der Waals surface area contributed by atoms with E-state index in [1.54, 1.807) is 25.6 Å². The van der Waals surface area contributed by atoms with Crippen molar-refractivity contribution in [2.45, 2.75) is 12.8 Å². The van der Waals surface area contributed by atoms with Crippen molar-refractivity contribution < 1.29 is 4.74 Å². The molecule has 0 amide bonds. The van der Waals surface area contributed by atoms with Crippen LogP contribution in [0, 0.1) is 18.3 Å². The molecule has 2 rings (SSSR count). The summed E-state index contributed by atoms with van der Waals surface area (Å²) in [6, 6.07) is 9.70. The molecule has 0 aliphatic carbocycles. The highest BCUT2D eigenvalue weighted by Crippen LogP contribution is 2.30. The Morgan fingerprint density at radius 1 is 1.28 bits per heavy atom. The first-order valence-electron chi connectivity index (χ1n) is 5.57. The monoisotopic (exact) mass is 239 g/mol. The molecule has 0 saturated heterocycles. The number of hydrogen-bond donors (Lipinski definition) is 0. The Morgan fingerprint density at radius 2 is 2.00 bits per heavy atom. The average molecular weight is 239 g/mol. The van der Waals surface area contributed by atoms with Crippen molar-refractivity contribution in [3.05, 3.63) is 53.6 Å². The Balaban J connectivity index is 2.52. The zero-order valence-electron chi connectivity index (χ0n) is 10.3. The molecule has 0 radical (unpaired) electrons. The Kier molecular flexibility index (Phi) is 3.54. The first-order chi connectivity index (χ1) is 8.76. The third-order valence-electron chi connectivity index (χ3n) is 2.67. The third-order valence-corrected chi connectivity index (χ3v) is 2.67. The highest BCUT2D eigenvalue weighted by atomic mass is 16.5. The molecule has 0 bridgehead atoms. The zero-order chi connectivity index (χ0) is 13.0. The lowest BCUT2D eigenvalue weighted by atomic mass is 9.97. The van der Waals surface area contributed by atoms with Gasteiger partial charge in [-0.25, -0.2) is 9.97 Å². The molecule has 2 aromatic rings. The van der Waals surface area contributed by atoms with Gasteiger partial charge in [0, 0.05) is 18.0 Å². The van der Waals surface area contributed by atoms with Crippen molar-refractivity contribution in [3.8, 4) is 11.8 Å². The highest BCUT2D eigenvalue weighted by Gasteiger charge is 2.20. The molecule has 1 atom stereocenters. The second-order valence-corrected chi connectivity index (χ2v) is 3.91. The maximum atomic E-state index is 9.36. The number of rotatable bonds is 3. The van der Waals surface area contributed by atoms with Crippen LogP contribution in [0.15, 0.2) is 36.7 Å². The van der Waals surface area contributed by atoms with E-state index in [4.69, 9.17) is 4.74 Å². The van der Waals surface area contributed by atoms with Gasteiger partial charge in [0.2, 0.25) is 0 Å². The normalized spacial score (nSPS) is 11.6. The molecule has 18 heavy (non-hydrogen) atoms. The summed E-state index contributed by atoms with van der Waals surface area (Å²) in [5.41, 5.74) is 1.87. The minimum absolute atomic E-state index is 0.490. The van der Waals surface area contributed by atoms with Crippen LogP contribution in [0.25, 0.3) is 0 Å². The molecule has 0 N–H and O–H groups in total. The number of methoxy groups -OCH3 is 1. The van der Waals surface area contributed by atoms with Crippen molar-refractivity contribution >= 4 is 0 Å². The van der Waals surface area contributed by atoms with E-state index in [-0.39, 0.29) is 0 Å². The summed E-state index contributed by atoms with van der Waals surface area (Å²) in [6.07, 6.45) is 3.27. The first-order valence-corrected chi connectivity index (χ1v) is 5.57. The second kappa shape index (κ2) is 5.28. The minimum atomic E-state index is -0.513. The van der Waals surface area contributed by atoms with E-state index in [2.05, 4.69) is 16.0 Å². The van der Waals surface area contributed by atoms with E-state index in [9.17, 15) is 5.26 Å². The molecule has 1 unspecified atom stereocenters. The van der Waals surface area contributed by atoms with E-state index in [1.807, 2.05) is 25.1 Å². The summed E-state index contributed by atoms with van der Waals surface area (Å²) in [6.45, 7) is 1.98. The van der Waals surface area contributed by atoms with Gasteiger partial charge in [-0.3, -0.25) is 0 Å². The van der Waals surface area contributed by atoms with Crippen LogP contribution in [0.2, 0.25) is 0 Å². The lowest BCUT2D eigenvalue weighted by molar-refractivity contribution is 0.409. The molecule has 4 heteroatoms. The fourth-order valence-electron chi connectivity index (χ4n) is 1.81. The quantitative estimate of drug-likeness (QED) is 0.825. The van der Waals surface area contributed by atoms with Crippen LogP contribution < -0.4 is 4.74 Å². The van der Waals surface area contributed by atoms with Gasteiger partial charge >= 0.3 is 0 Å². The Bertz CT molecular complexity index is 575. The summed E-state index contributed by atoms with van der Waals surface area (Å²) < 4.78 is 5.30. The number of ether oxygens (including phenoxy) is 1. The number of benzene rings is 1. The van der Waals surface area contributed by atoms with Gasteiger partial charge in [0.1, 0.15) is 17.5 Å². The summed E-state index contributed by atoms with van der Waals surface area (Å²) in [4.78, 5) is 8.28. The molecule has 4 nitrogen and oxygen atoms in total. The molecule has 1 aromatic heterocycles. The standard InChI is InChI=1S/C14H13N3O/c1-10-4-5-13(18-2)11(8-10)12(9-15)14-16-6-3-7-17-14/h3-8,12H,1-2H3. The fourth-order valence-corrected chi connectivity index (χ4v) is 1.81. The molecular weight excluding hydrogens is 226 g/mol. The molecule has 1 heterocycles. The van der Waals surface area contributed by atoms with Gasteiger partial charge < -0.3 is 4.74 Å². The number of hydrogen-bond acceptors (Lipinski definition) is 4. The topological polar surface area (TPSA) is 58.8 Å². The van der Waals surface area contributed by atoms with E-state index in [1.165, 1.54) is 0 Å². The number of aromatic nitrogens is 2. The summed E-state index contributed by atoms with van der Waals surface area (Å²) in [7, 11) is 1.59. The van der Waals surface area contributed by atoms with Gasteiger partial charge in [-0.05, 0) is 19.1 Å². The predicted octanol–water partition coefficient (Wildman–Crippen LogP) is 2.45. The Morgan fingerprint density at radius 3 is 2.61 bits per heavy atom. The van der Waals surface area contributed by atoms with Crippen LogP contribution in [0.3, 0.4) is 0 Å². The van der Waals surface area contributed by atoms with Crippen molar-refractivity contribution in [3.63, 3.8) is 0 Å². The van der Waals surface area contributed by atoms with Crippen LogP contribution in [0.4, 0.5) is 0 Å². The van der Waals surface area contributed by atoms with E-state index in [0.717, 1.165) is 11.1 Å². The fraction of sp³-hybridized carbons (Fsp3) is 0.214. The highest BCUT2D eigenvalue weighted by molar-refractivity contribution is 5.44. The van der Waals surface area contributed by atoms with Crippen LogP contribution in [-0.4, -0.2) is 17.1 Å². The van der Waals surface area contributed by atoms with Crippen molar-refractivity contribution in [2.75, 3.05) is 7.11 Å². The molecule has 0 fully saturated rings. The van der Waals surface area contributed by atoms with Crippen LogP contribution in [0.1, 0.15) is 22.9 Å². The van der Waals surface area contributed by atoms with Gasteiger partial charge in [-0.15, -0.1) is 0 Å². The smallest absolute Gasteiger partial charge is 0.149 e. The van der Waals surface area contributed by atoms with Gasteiger partial charge in [-0.2, -0.15) is 5.26 Å². The summed E-state index contributed by atoms with van der Waals surface area (Å²) in [5.74, 6) is 0.657. The summed E-state index contributed by atoms with van der Waals surface area (Å²) in [5, 5.41) is 9.36. The van der Waals surface area contributed by atoms with Crippen LogP contribution >= 0.6 is 0 Å². The number of nitriles is 1. The first kappa shape index (κ1) is 12.1. The largest absolute Gasteiger partial charge is 0.496 e. The SMILES string of the molecule is COc1ccc(C)cc1C(C#N)c1ncccn1. The molecule has 1 aromatic carbocycles. The van der Waals surface area contributed by atoms with Crippen molar-refractivity contribution in [1.82, 2.24) is 9.97 Å². The summed E-state index contributed by atoms with van der Waals surface area (Å²) >= 11 is 0. The zero-order valence-corrected chi connectivity index (χ0v) is 10.3. The number of aryl methyl sites for hydroxylation is 1. The molecule has 0 saturated carbocycles. The second-order valence-electron chi connectivity index (χ2n) is 3.91. The maximum Gasteiger partial charge on any atom is 0.149 e. The molecule has 0 spiro atoms. The number of nitrogens with zero attached hydrogens (tertiary/aromatic N) is 3. The Labute approximate surface area is 106 Å². The lowest BCUT2D eigenvalue weighted by Crippen LogP contribution is -2.05. The van der Waals surface area contributed by atoms with Gasteiger partial charge in [-0.1, -0.05) is 17.7 Å².